The van der Waals surface area contributed by atoms with Gasteiger partial charge in [0.1, 0.15) is 22.8 Å². The summed E-state index contributed by atoms with van der Waals surface area (Å²) in [5, 5.41) is 2.81. The lowest BCUT2D eigenvalue weighted by Gasteiger charge is -2.30. The summed E-state index contributed by atoms with van der Waals surface area (Å²) in [6, 6.07) is 10.3. The standard InChI is InChI=1S/C19H20N2O5/c1-11-19(23)21(2)13-10-12(8-9-14(13)26-11)20-18(22)17-15(24-3)6-5-7-16(17)25-4/h5-11H,1-4H3,(H,20,22). The second-order valence-corrected chi connectivity index (χ2v) is 5.83. The fourth-order valence-electron chi connectivity index (χ4n) is 2.86. The maximum Gasteiger partial charge on any atom is 0.267 e. The number of hydrogen-bond acceptors (Lipinski definition) is 5. The van der Waals surface area contributed by atoms with E-state index < -0.39 is 6.10 Å². The van der Waals surface area contributed by atoms with Gasteiger partial charge in [0, 0.05) is 12.7 Å². The number of anilines is 2. The molecule has 0 spiro atoms. The highest BCUT2D eigenvalue weighted by Crippen LogP contribution is 2.36. The molecule has 7 nitrogen and oxygen atoms in total. The van der Waals surface area contributed by atoms with Crippen LogP contribution in [0.15, 0.2) is 36.4 Å². The van der Waals surface area contributed by atoms with Crippen molar-refractivity contribution in [1.29, 1.82) is 0 Å². The Hall–Kier alpha value is -3.22. The second kappa shape index (κ2) is 6.95. The number of amides is 2. The first-order chi connectivity index (χ1) is 12.5. The Morgan fingerprint density at radius 3 is 2.42 bits per heavy atom. The van der Waals surface area contributed by atoms with Gasteiger partial charge in [-0.05, 0) is 37.3 Å². The number of ether oxygens (including phenoxy) is 3. The average molecular weight is 356 g/mol. The summed E-state index contributed by atoms with van der Waals surface area (Å²) in [5.41, 5.74) is 1.42. The molecule has 0 aliphatic carbocycles. The van der Waals surface area contributed by atoms with Gasteiger partial charge in [0.2, 0.25) is 0 Å². The molecule has 7 heteroatoms. The summed E-state index contributed by atoms with van der Waals surface area (Å²) < 4.78 is 16.1. The SMILES string of the molecule is COc1cccc(OC)c1C(=O)Nc1ccc2c(c1)N(C)C(=O)C(C)O2. The van der Waals surface area contributed by atoms with Crippen molar-refractivity contribution in [3.8, 4) is 17.2 Å². The Morgan fingerprint density at radius 1 is 1.15 bits per heavy atom. The van der Waals surface area contributed by atoms with Gasteiger partial charge in [-0.15, -0.1) is 0 Å². The number of carbonyl (C=O) groups excluding carboxylic acids is 2. The van der Waals surface area contributed by atoms with E-state index in [0.29, 0.717) is 34.2 Å². The van der Waals surface area contributed by atoms with Crippen molar-refractivity contribution in [3.63, 3.8) is 0 Å². The minimum atomic E-state index is -0.536. The third kappa shape index (κ3) is 3.03. The highest BCUT2D eigenvalue weighted by atomic mass is 16.5. The van der Waals surface area contributed by atoms with E-state index in [1.165, 1.54) is 19.1 Å². The van der Waals surface area contributed by atoms with E-state index in [4.69, 9.17) is 14.2 Å². The molecular formula is C19H20N2O5. The number of hydrogen-bond donors (Lipinski definition) is 1. The molecule has 2 aromatic carbocycles. The average Bonchev–Trinajstić information content (AvgIpc) is 2.65. The molecule has 1 heterocycles. The van der Waals surface area contributed by atoms with Crippen LogP contribution in [0, 0.1) is 0 Å². The maximum atomic E-state index is 12.8. The quantitative estimate of drug-likeness (QED) is 0.911. The van der Waals surface area contributed by atoms with Crippen molar-refractivity contribution in [3.05, 3.63) is 42.0 Å². The third-order valence-corrected chi connectivity index (χ3v) is 4.22. The molecule has 1 atom stereocenters. The highest BCUT2D eigenvalue weighted by Gasteiger charge is 2.29. The molecule has 0 saturated carbocycles. The number of methoxy groups -OCH3 is 2. The Kier molecular flexibility index (Phi) is 4.71. The fraction of sp³-hybridized carbons (Fsp3) is 0.263. The topological polar surface area (TPSA) is 77.1 Å². The van der Waals surface area contributed by atoms with E-state index in [-0.39, 0.29) is 11.8 Å². The van der Waals surface area contributed by atoms with Gasteiger partial charge in [-0.2, -0.15) is 0 Å². The Morgan fingerprint density at radius 2 is 1.81 bits per heavy atom. The highest BCUT2D eigenvalue weighted by molar-refractivity contribution is 6.09. The van der Waals surface area contributed by atoms with Crippen LogP contribution >= 0.6 is 0 Å². The van der Waals surface area contributed by atoms with Crippen molar-refractivity contribution in [2.24, 2.45) is 0 Å². The molecule has 1 unspecified atom stereocenters. The third-order valence-electron chi connectivity index (χ3n) is 4.22. The first-order valence-electron chi connectivity index (χ1n) is 8.07. The van der Waals surface area contributed by atoms with Crippen LogP contribution in [0.2, 0.25) is 0 Å². The molecule has 1 aliphatic heterocycles. The maximum absolute atomic E-state index is 12.8. The second-order valence-electron chi connectivity index (χ2n) is 5.83. The number of nitrogens with one attached hydrogen (secondary N) is 1. The lowest BCUT2D eigenvalue weighted by molar-refractivity contribution is -0.125. The van der Waals surface area contributed by atoms with Crippen LogP contribution in [0.25, 0.3) is 0 Å². The van der Waals surface area contributed by atoms with Crippen molar-refractivity contribution in [2.75, 3.05) is 31.5 Å². The summed E-state index contributed by atoms with van der Waals surface area (Å²) in [5.74, 6) is 0.881. The predicted octanol–water partition coefficient (Wildman–Crippen LogP) is 2.70. The minimum absolute atomic E-state index is 0.146. The zero-order chi connectivity index (χ0) is 18.8. The normalized spacial score (nSPS) is 15.8. The number of fused-ring (bicyclic) bond motifs is 1. The van der Waals surface area contributed by atoms with Crippen LogP contribution in [-0.2, 0) is 4.79 Å². The summed E-state index contributed by atoms with van der Waals surface area (Å²) >= 11 is 0. The molecule has 0 bridgehead atoms. The summed E-state index contributed by atoms with van der Waals surface area (Å²) in [7, 11) is 4.65. The summed E-state index contributed by atoms with van der Waals surface area (Å²) in [4.78, 5) is 26.4. The van der Waals surface area contributed by atoms with E-state index in [1.54, 1.807) is 50.4 Å². The Labute approximate surface area is 151 Å². The van der Waals surface area contributed by atoms with Crippen LogP contribution in [-0.4, -0.2) is 39.2 Å². The van der Waals surface area contributed by atoms with Crippen LogP contribution in [0.3, 0.4) is 0 Å². The van der Waals surface area contributed by atoms with Crippen LogP contribution in [0.4, 0.5) is 11.4 Å². The predicted molar refractivity (Wildman–Crippen MR) is 97.4 cm³/mol. The molecule has 136 valence electrons. The minimum Gasteiger partial charge on any atom is -0.496 e. The zero-order valence-corrected chi connectivity index (χ0v) is 15.0. The summed E-state index contributed by atoms with van der Waals surface area (Å²) in [6.07, 6.45) is -0.536. The van der Waals surface area contributed by atoms with E-state index in [9.17, 15) is 9.59 Å². The molecule has 0 fully saturated rings. The molecule has 1 N–H and O–H groups in total. The van der Waals surface area contributed by atoms with Gasteiger partial charge in [0.05, 0.1) is 19.9 Å². The number of benzene rings is 2. The molecule has 1 aliphatic rings. The molecule has 0 aromatic heterocycles. The molecule has 0 radical (unpaired) electrons. The fourth-order valence-corrected chi connectivity index (χ4v) is 2.86. The van der Waals surface area contributed by atoms with Crippen molar-refractivity contribution < 1.29 is 23.8 Å². The summed E-state index contributed by atoms with van der Waals surface area (Å²) in [6.45, 7) is 1.70. The van der Waals surface area contributed by atoms with Gasteiger partial charge in [-0.1, -0.05) is 6.07 Å². The molecular weight excluding hydrogens is 336 g/mol. The molecule has 2 aromatic rings. The monoisotopic (exact) mass is 356 g/mol. The van der Waals surface area contributed by atoms with E-state index in [2.05, 4.69) is 5.32 Å². The lowest BCUT2D eigenvalue weighted by atomic mass is 10.1. The Balaban J connectivity index is 1.91. The van der Waals surface area contributed by atoms with Gasteiger partial charge < -0.3 is 24.4 Å². The smallest absolute Gasteiger partial charge is 0.267 e. The van der Waals surface area contributed by atoms with E-state index in [0.717, 1.165) is 0 Å². The van der Waals surface area contributed by atoms with E-state index in [1.807, 2.05) is 0 Å². The van der Waals surface area contributed by atoms with Gasteiger partial charge in [0.25, 0.3) is 11.8 Å². The first kappa shape index (κ1) is 17.6. The molecule has 2 amide bonds. The van der Waals surface area contributed by atoms with Gasteiger partial charge >= 0.3 is 0 Å². The number of carbonyl (C=O) groups is 2. The number of likely N-dealkylation sites (N-methyl/N-ethyl adjacent to an activating group) is 1. The molecule has 3 rings (SSSR count). The van der Waals surface area contributed by atoms with Crippen LogP contribution in [0.1, 0.15) is 17.3 Å². The molecule has 0 saturated heterocycles. The number of rotatable bonds is 4. The van der Waals surface area contributed by atoms with Crippen molar-refractivity contribution >= 4 is 23.2 Å². The lowest BCUT2D eigenvalue weighted by Crippen LogP contribution is -2.41. The van der Waals surface area contributed by atoms with Crippen LogP contribution < -0.4 is 24.4 Å². The van der Waals surface area contributed by atoms with Crippen molar-refractivity contribution in [2.45, 2.75) is 13.0 Å². The first-order valence-corrected chi connectivity index (χ1v) is 8.07. The largest absolute Gasteiger partial charge is 0.496 e. The van der Waals surface area contributed by atoms with Crippen molar-refractivity contribution in [1.82, 2.24) is 0 Å². The van der Waals surface area contributed by atoms with Gasteiger partial charge in [-0.3, -0.25) is 9.59 Å². The van der Waals surface area contributed by atoms with Gasteiger partial charge in [-0.25, -0.2) is 0 Å². The van der Waals surface area contributed by atoms with Gasteiger partial charge in [0.15, 0.2) is 6.10 Å². The molecule has 26 heavy (non-hydrogen) atoms. The van der Waals surface area contributed by atoms with Crippen LogP contribution in [0.5, 0.6) is 17.2 Å². The zero-order valence-electron chi connectivity index (χ0n) is 15.0. The van der Waals surface area contributed by atoms with E-state index >= 15 is 0 Å². The number of nitrogens with zero attached hydrogens (tertiary/aromatic N) is 1. The Bertz CT molecular complexity index is 843.